The Morgan fingerprint density at radius 3 is 2.15 bits per heavy atom. The van der Waals surface area contributed by atoms with Gasteiger partial charge in [-0.25, -0.2) is 9.59 Å². The molecule has 0 aromatic heterocycles. The van der Waals surface area contributed by atoms with Crippen LogP contribution in [0.5, 0.6) is 0 Å². The molecule has 20 heavy (non-hydrogen) atoms. The van der Waals surface area contributed by atoms with E-state index in [0.717, 1.165) is 0 Å². The van der Waals surface area contributed by atoms with Gasteiger partial charge in [0.05, 0.1) is 6.10 Å². The number of carbonyl (C=O) groups excluding carboxylic acids is 2. The number of esters is 1. The fraction of sp³-hybridized carbons (Fsp3) is 0.769. The third kappa shape index (κ3) is 9.18. The van der Waals surface area contributed by atoms with Crippen molar-refractivity contribution >= 4 is 18.0 Å². The van der Waals surface area contributed by atoms with Gasteiger partial charge in [0.15, 0.2) is 0 Å². The molecule has 1 atom stereocenters. The van der Waals surface area contributed by atoms with Crippen LogP contribution < -0.4 is 5.32 Å². The molecule has 0 bridgehead atoms. The van der Waals surface area contributed by atoms with Crippen LogP contribution in [0.25, 0.3) is 0 Å². The van der Waals surface area contributed by atoms with E-state index >= 15 is 0 Å². The normalized spacial score (nSPS) is 12.7. The third-order valence-corrected chi connectivity index (χ3v) is 1.99. The second-order valence-electron chi connectivity index (χ2n) is 5.61. The molecule has 0 heterocycles. The number of carbonyl (C=O) groups is 3. The van der Waals surface area contributed by atoms with Crippen LogP contribution >= 0.6 is 0 Å². The van der Waals surface area contributed by atoms with Crippen LogP contribution in [-0.4, -0.2) is 40.9 Å². The van der Waals surface area contributed by atoms with Crippen LogP contribution in [0.3, 0.4) is 0 Å². The molecule has 0 saturated carbocycles. The Morgan fingerprint density at radius 2 is 1.75 bits per heavy atom. The number of carboxylic acid groups (broad SMARTS) is 1. The summed E-state index contributed by atoms with van der Waals surface area (Å²) in [5.41, 5.74) is -0.719. The lowest BCUT2D eigenvalue weighted by atomic mass is 10.1. The first-order valence-electron chi connectivity index (χ1n) is 6.43. The van der Waals surface area contributed by atoms with Gasteiger partial charge in [0, 0.05) is 6.42 Å². The summed E-state index contributed by atoms with van der Waals surface area (Å²) < 4.78 is 9.85. The molecule has 0 aliphatic heterocycles. The lowest BCUT2D eigenvalue weighted by Gasteiger charge is -2.21. The zero-order valence-electron chi connectivity index (χ0n) is 12.6. The van der Waals surface area contributed by atoms with Gasteiger partial charge in [0.1, 0.15) is 11.6 Å². The van der Waals surface area contributed by atoms with Crippen molar-refractivity contribution in [2.75, 3.05) is 0 Å². The van der Waals surface area contributed by atoms with Gasteiger partial charge in [-0.1, -0.05) is 0 Å². The van der Waals surface area contributed by atoms with E-state index in [1.165, 1.54) is 0 Å². The summed E-state index contributed by atoms with van der Waals surface area (Å²) in [7, 11) is 0. The molecule has 7 nitrogen and oxygen atoms in total. The smallest absolute Gasteiger partial charge is 0.408 e. The number of amides is 1. The van der Waals surface area contributed by atoms with E-state index < -0.39 is 29.7 Å². The van der Waals surface area contributed by atoms with Gasteiger partial charge in [0.25, 0.3) is 0 Å². The minimum atomic E-state index is -1.23. The van der Waals surface area contributed by atoms with E-state index in [1.54, 1.807) is 34.6 Å². The predicted molar refractivity (Wildman–Crippen MR) is 71.3 cm³/mol. The van der Waals surface area contributed by atoms with Crippen LogP contribution in [0, 0.1) is 0 Å². The Morgan fingerprint density at radius 1 is 1.20 bits per heavy atom. The highest BCUT2D eigenvalue weighted by molar-refractivity contribution is 5.80. The average Bonchev–Trinajstić information content (AvgIpc) is 2.19. The number of nitrogens with one attached hydrogen (secondary N) is 1. The molecule has 0 unspecified atom stereocenters. The monoisotopic (exact) mass is 289 g/mol. The molecule has 0 saturated heterocycles. The maximum absolute atomic E-state index is 11.5. The molecule has 116 valence electrons. The van der Waals surface area contributed by atoms with Crippen molar-refractivity contribution in [1.29, 1.82) is 0 Å². The summed E-state index contributed by atoms with van der Waals surface area (Å²) >= 11 is 0. The van der Waals surface area contributed by atoms with Crippen LogP contribution in [0.15, 0.2) is 0 Å². The fourth-order valence-electron chi connectivity index (χ4n) is 1.29. The lowest BCUT2D eigenvalue weighted by Crippen LogP contribution is -2.43. The number of hydrogen-bond acceptors (Lipinski definition) is 5. The Bertz CT molecular complexity index is 358. The zero-order valence-corrected chi connectivity index (χ0v) is 12.6. The van der Waals surface area contributed by atoms with Gasteiger partial charge in [-0.05, 0) is 41.0 Å². The molecule has 0 radical (unpaired) electrons. The van der Waals surface area contributed by atoms with Gasteiger partial charge in [-0.15, -0.1) is 0 Å². The summed E-state index contributed by atoms with van der Waals surface area (Å²) in [5.74, 6) is -1.73. The fourth-order valence-corrected chi connectivity index (χ4v) is 1.29. The van der Waals surface area contributed by atoms with Crippen LogP contribution in [0.4, 0.5) is 4.79 Å². The van der Waals surface area contributed by atoms with Crippen LogP contribution in [-0.2, 0) is 19.1 Å². The second-order valence-corrected chi connectivity index (χ2v) is 5.61. The molecule has 1 amide bonds. The van der Waals surface area contributed by atoms with E-state index in [-0.39, 0.29) is 18.9 Å². The highest BCUT2D eigenvalue weighted by atomic mass is 16.6. The van der Waals surface area contributed by atoms with Crippen molar-refractivity contribution in [2.45, 2.75) is 65.2 Å². The summed E-state index contributed by atoms with van der Waals surface area (Å²) in [6.45, 7) is 8.41. The minimum Gasteiger partial charge on any atom is -0.480 e. The summed E-state index contributed by atoms with van der Waals surface area (Å²) in [6.07, 6.45) is -1.24. The van der Waals surface area contributed by atoms with Crippen LogP contribution in [0.1, 0.15) is 47.5 Å². The summed E-state index contributed by atoms with van der Waals surface area (Å²) in [4.78, 5) is 33.8. The Labute approximate surface area is 118 Å². The van der Waals surface area contributed by atoms with Crippen molar-refractivity contribution in [1.82, 2.24) is 5.32 Å². The van der Waals surface area contributed by atoms with Crippen molar-refractivity contribution in [2.24, 2.45) is 0 Å². The highest BCUT2D eigenvalue weighted by Crippen LogP contribution is 2.08. The van der Waals surface area contributed by atoms with Gasteiger partial charge >= 0.3 is 18.0 Å². The standard InChI is InChI=1S/C13H23NO6/c1-8(2)19-10(15)7-6-9(11(16)17)14-12(18)20-13(3,4)5/h8-9H,6-7H2,1-5H3,(H,14,18)(H,16,17)/t9-/m0/s1. The summed E-state index contributed by atoms with van der Waals surface area (Å²) in [6, 6.07) is -1.19. The van der Waals surface area contributed by atoms with Crippen LogP contribution in [0.2, 0.25) is 0 Å². The molecule has 0 rings (SSSR count). The SMILES string of the molecule is CC(C)OC(=O)CC[C@H](NC(=O)OC(C)(C)C)C(=O)O. The minimum absolute atomic E-state index is 0.0554. The molecular formula is C13H23NO6. The van der Waals surface area contributed by atoms with Gasteiger partial charge < -0.3 is 19.9 Å². The van der Waals surface area contributed by atoms with E-state index in [9.17, 15) is 14.4 Å². The van der Waals surface area contributed by atoms with Crippen molar-refractivity contribution in [3.63, 3.8) is 0 Å². The largest absolute Gasteiger partial charge is 0.480 e. The number of hydrogen-bond donors (Lipinski definition) is 2. The van der Waals surface area contributed by atoms with E-state index in [4.69, 9.17) is 14.6 Å². The average molecular weight is 289 g/mol. The molecule has 0 spiro atoms. The highest BCUT2D eigenvalue weighted by Gasteiger charge is 2.24. The molecule has 2 N–H and O–H groups in total. The maximum Gasteiger partial charge on any atom is 0.408 e. The zero-order chi connectivity index (χ0) is 15.9. The van der Waals surface area contributed by atoms with Gasteiger partial charge in [-0.2, -0.15) is 0 Å². The first-order valence-corrected chi connectivity index (χ1v) is 6.43. The molecule has 0 aliphatic rings. The third-order valence-electron chi connectivity index (χ3n) is 1.99. The first kappa shape index (κ1) is 18.2. The van der Waals surface area contributed by atoms with E-state index in [1.807, 2.05) is 0 Å². The lowest BCUT2D eigenvalue weighted by molar-refractivity contribution is -0.148. The Kier molecular flexibility index (Phi) is 7.02. The number of alkyl carbamates (subject to hydrolysis) is 1. The second kappa shape index (κ2) is 7.72. The van der Waals surface area contributed by atoms with Crippen molar-refractivity contribution in [3.05, 3.63) is 0 Å². The topological polar surface area (TPSA) is 102 Å². The molecule has 7 heteroatoms. The molecule has 0 aromatic rings. The Hall–Kier alpha value is -1.79. The van der Waals surface area contributed by atoms with Crippen molar-refractivity contribution < 1.29 is 29.0 Å². The van der Waals surface area contributed by atoms with E-state index in [0.29, 0.717) is 0 Å². The molecular weight excluding hydrogens is 266 g/mol. The van der Waals surface area contributed by atoms with Crippen molar-refractivity contribution in [3.8, 4) is 0 Å². The number of rotatable bonds is 6. The maximum atomic E-state index is 11.5. The molecule has 0 fully saturated rings. The molecule has 0 aliphatic carbocycles. The predicted octanol–water partition coefficient (Wildman–Crippen LogP) is 1.70. The number of aliphatic carboxylic acids is 1. The van der Waals surface area contributed by atoms with E-state index in [2.05, 4.69) is 5.32 Å². The Balaban J connectivity index is 4.34. The summed E-state index contributed by atoms with van der Waals surface area (Å²) in [5, 5.41) is 11.2. The number of ether oxygens (including phenoxy) is 2. The quantitative estimate of drug-likeness (QED) is 0.721. The first-order chi connectivity index (χ1) is 9.01. The van der Waals surface area contributed by atoms with Gasteiger partial charge in [-0.3, -0.25) is 4.79 Å². The number of carboxylic acids is 1. The van der Waals surface area contributed by atoms with Gasteiger partial charge in [0.2, 0.25) is 0 Å². The molecule has 0 aromatic carbocycles.